The highest BCUT2D eigenvalue weighted by molar-refractivity contribution is 5.88. The second kappa shape index (κ2) is 9.07. The standard InChI is InChI=1S/C14H26O6/c1-10(2)11(3)13(18)20-6-4-5-12(7-15)14(19,8-16)9-17/h12,15-17,19H,4-9H2,1-3H3. The van der Waals surface area contributed by atoms with E-state index < -0.39 is 24.7 Å². The molecule has 0 aromatic carbocycles. The molecule has 0 saturated carbocycles. The first kappa shape index (κ1) is 19.1. The van der Waals surface area contributed by atoms with Crippen LogP contribution in [0, 0.1) is 5.92 Å². The summed E-state index contributed by atoms with van der Waals surface area (Å²) in [5.41, 5.74) is -0.265. The molecule has 118 valence electrons. The zero-order chi connectivity index (χ0) is 15.8. The highest BCUT2D eigenvalue weighted by Crippen LogP contribution is 2.21. The van der Waals surface area contributed by atoms with Crippen LogP contribution in [0.5, 0.6) is 0 Å². The van der Waals surface area contributed by atoms with Crippen molar-refractivity contribution in [3.63, 3.8) is 0 Å². The van der Waals surface area contributed by atoms with Crippen LogP contribution in [0.1, 0.15) is 33.6 Å². The van der Waals surface area contributed by atoms with Crippen molar-refractivity contribution in [3.05, 3.63) is 11.1 Å². The van der Waals surface area contributed by atoms with Gasteiger partial charge in [-0.3, -0.25) is 0 Å². The fourth-order valence-corrected chi connectivity index (χ4v) is 1.65. The molecule has 20 heavy (non-hydrogen) atoms. The number of aliphatic hydroxyl groups excluding tert-OH is 3. The minimum atomic E-state index is -1.71. The summed E-state index contributed by atoms with van der Waals surface area (Å²) in [6.45, 7) is 3.86. The van der Waals surface area contributed by atoms with Crippen LogP contribution in [-0.2, 0) is 9.53 Å². The Morgan fingerprint density at radius 2 is 1.70 bits per heavy atom. The fourth-order valence-electron chi connectivity index (χ4n) is 1.65. The van der Waals surface area contributed by atoms with E-state index in [1.165, 1.54) is 0 Å². The van der Waals surface area contributed by atoms with E-state index in [-0.39, 0.29) is 19.2 Å². The maximum atomic E-state index is 11.5. The number of ether oxygens (including phenoxy) is 1. The molecule has 0 aromatic rings. The first-order valence-corrected chi connectivity index (χ1v) is 6.68. The first-order chi connectivity index (χ1) is 9.32. The Hall–Kier alpha value is -0.950. The van der Waals surface area contributed by atoms with Crippen LogP contribution in [0.15, 0.2) is 11.1 Å². The number of carbonyl (C=O) groups is 1. The smallest absolute Gasteiger partial charge is 0.333 e. The normalized spacial score (nSPS) is 12.9. The summed E-state index contributed by atoms with van der Waals surface area (Å²) in [5.74, 6) is -1.05. The van der Waals surface area contributed by atoms with Crippen molar-refractivity contribution >= 4 is 5.97 Å². The molecular formula is C14H26O6. The third kappa shape index (κ3) is 5.58. The van der Waals surface area contributed by atoms with Crippen LogP contribution >= 0.6 is 0 Å². The topological polar surface area (TPSA) is 107 Å². The Morgan fingerprint density at radius 1 is 1.15 bits per heavy atom. The number of hydrogen-bond acceptors (Lipinski definition) is 6. The molecule has 0 spiro atoms. The van der Waals surface area contributed by atoms with Gasteiger partial charge in [0, 0.05) is 18.1 Å². The van der Waals surface area contributed by atoms with Crippen molar-refractivity contribution in [2.45, 2.75) is 39.2 Å². The molecule has 1 unspecified atom stereocenters. The molecule has 6 nitrogen and oxygen atoms in total. The van der Waals surface area contributed by atoms with E-state index >= 15 is 0 Å². The van der Waals surface area contributed by atoms with E-state index in [1.54, 1.807) is 6.92 Å². The van der Waals surface area contributed by atoms with Gasteiger partial charge in [0.2, 0.25) is 0 Å². The third-order valence-electron chi connectivity index (χ3n) is 3.51. The lowest BCUT2D eigenvalue weighted by Gasteiger charge is -2.31. The molecule has 0 aliphatic heterocycles. The monoisotopic (exact) mass is 290 g/mol. The van der Waals surface area contributed by atoms with Crippen LogP contribution in [0.25, 0.3) is 0 Å². The molecule has 0 aromatic heterocycles. The van der Waals surface area contributed by atoms with E-state index in [9.17, 15) is 15.0 Å². The van der Waals surface area contributed by atoms with Gasteiger partial charge < -0.3 is 25.2 Å². The van der Waals surface area contributed by atoms with E-state index in [0.717, 1.165) is 5.57 Å². The highest BCUT2D eigenvalue weighted by atomic mass is 16.5. The SMILES string of the molecule is CC(C)=C(C)C(=O)OCCCC(CO)C(O)(CO)CO. The summed E-state index contributed by atoms with van der Waals surface area (Å²) < 4.78 is 5.05. The molecule has 0 radical (unpaired) electrons. The summed E-state index contributed by atoms with van der Waals surface area (Å²) in [6.07, 6.45) is 0.755. The number of rotatable bonds is 9. The molecule has 0 amide bonds. The van der Waals surface area contributed by atoms with Gasteiger partial charge in [0.25, 0.3) is 0 Å². The van der Waals surface area contributed by atoms with Crippen molar-refractivity contribution < 1.29 is 30.0 Å². The molecule has 0 bridgehead atoms. The highest BCUT2D eigenvalue weighted by Gasteiger charge is 2.34. The average Bonchev–Trinajstić information content (AvgIpc) is 2.45. The maximum Gasteiger partial charge on any atom is 0.333 e. The molecule has 0 fully saturated rings. The number of aliphatic hydroxyl groups is 4. The van der Waals surface area contributed by atoms with E-state index in [4.69, 9.17) is 14.9 Å². The quantitative estimate of drug-likeness (QED) is 0.270. The molecule has 0 saturated heterocycles. The van der Waals surface area contributed by atoms with Gasteiger partial charge in [-0.15, -0.1) is 0 Å². The lowest BCUT2D eigenvalue weighted by atomic mass is 9.86. The zero-order valence-electron chi connectivity index (χ0n) is 12.4. The second-order valence-corrected chi connectivity index (χ2v) is 5.20. The van der Waals surface area contributed by atoms with Crippen molar-refractivity contribution in [1.29, 1.82) is 0 Å². The van der Waals surface area contributed by atoms with Crippen LogP contribution in [0.2, 0.25) is 0 Å². The molecule has 4 N–H and O–H groups in total. The number of esters is 1. The molecule has 0 aliphatic rings. The van der Waals surface area contributed by atoms with E-state index in [0.29, 0.717) is 18.4 Å². The Morgan fingerprint density at radius 3 is 2.10 bits per heavy atom. The van der Waals surface area contributed by atoms with E-state index in [1.807, 2.05) is 13.8 Å². The van der Waals surface area contributed by atoms with E-state index in [2.05, 4.69) is 0 Å². The molecular weight excluding hydrogens is 264 g/mol. The van der Waals surface area contributed by atoms with Crippen LogP contribution in [0.4, 0.5) is 0 Å². The number of hydrogen-bond donors (Lipinski definition) is 4. The second-order valence-electron chi connectivity index (χ2n) is 5.20. The van der Waals surface area contributed by atoms with Gasteiger partial charge in [-0.25, -0.2) is 4.79 Å². The Kier molecular flexibility index (Phi) is 8.64. The summed E-state index contributed by atoms with van der Waals surface area (Å²) in [4.78, 5) is 11.5. The zero-order valence-corrected chi connectivity index (χ0v) is 12.4. The van der Waals surface area contributed by atoms with Gasteiger partial charge in [0.1, 0.15) is 5.60 Å². The maximum absolute atomic E-state index is 11.5. The number of allylic oxidation sites excluding steroid dienone is 1. The Labute approximate surface area is 119 Å². The molecule has 0 aliphatic carbocycles. The van der Waals surface area contributed by atoms with Crippen molar-refractivity contribution in [2.75, 3.05) is 26.4 Å². The van der Waals surface area contributed by atoms with Crippen LogP contribution in [-0.4, -0.2) is 58.4 Å². The van der Waals surface area contributed by atoms with Gasteiger partial charge in [-0.2, -0.15) is 0 Å². The number of carbonyl (C=O) groups excluding carboxylic acids is 1. The minimum absolute atomic E-state index is 0.160. The predicted molar refractivity (Wildman–Crippen MR) is 73.9 cm³/mol. The first-order valence-electron chi connectivity index (χ1n) is 6.68. The largest absolute Gasteiger partial charge is 0.462 e. The summed E-state index contributed by atoms with van der Waals surface area (Å²) >= 11 is 0. The fraction of sp³-hybridized carbons (Fsp3) is 0.786. The summed E-state index contributed by atoms with van der Waals surface area (Å²) in [6, 6.07) is 0. The van der Waals surface area contributed by atoms with Gasteiger partial charge in [-0.1, -0.05) is 5.57 Å². The molecule has 6 heteroatoms. The Balaban J connectivity index is 4.23. The van der Waals surface area contributed by atoms with Crippen molar-refractivity contribution in [3.8, 4) is 0 Å². The van der Waals surface area contributed by atoms with Gasteiger partial charge in [0.05, 0.1) is 19.8 Å². The lowest BCUT2D eigenvalue weighted by Crippen LogP contribution is -2.47. The average molecular weight is 290 g/mol. The van der Waals surface area contributed by atoms with Gasteiger partial charge in [-0.05, 0) is 33.6 Å². The summed E-state index contributed by atoms with van der Waals surface area (Å²) in [5, 5.41) is 37.2. The van der Waals surface area contributed by atoms with Crippen LogP contribution in [0.3, 0.4) is 0 Å². The molecule has 1 atom stereocenters. The van der Waals surface area contributed by atoms with Crippen molar-refractivity contribution in [2.24, 2.45) is 5.92 Å². The van der Waals surface area contributed by atoms with Crippen molar-refractivity contribution in [1.82, 2.24) is 0 Å². The third-order valence-corrected chi connectivity index (χ3v) is 3.51. The van der Waals surface area contributed by atoms with Gasteiger partial charge in [0.15, 0.2) is 0 Å². The molecule has 0 rings (SSSR count). The lowest BCUT2D eigenvalue weighted by molar-refractivity contribution is -0.139. The predicted octanol–water partition coefficient (Wildman–Crippen LogP) is -0.00970. The summed E-state index contributed by atoms with van der Waals surface area (Å²) in [7, 11) is 0. The van der Waals surface area contributed by atoms with Gasteiger partial charge >= 0.3 is 5.97 Å². The minimum Gasteiger partial charge on any atom is -0.462 e. The Bertz CT molecular complexity index is 329. The van der Waals surface area contributed by atoms with Crippen LogP contribution < -0.4 is 0 Å². The molecule has 0 heterocycles.